The Hall–Kier alpha value is -2.39. The van der Waals surface area contributed by atoms with Crippen LogP contribution in [-0.2, 0) is 22.8 Å². The van der Waals surface area contributed by atoms with E-state index in [1.165, 1.54) is 34.9 Å². The number of hydrogen-bond donors (Lipinski definition) is 0. The predicted molar refractivity (Wildman–Crippen MR) is 123 cm³/mol. The normalized spacial score (nSPS) is 13.7. The summed E-state index contributed by atoms with van der Waals surface area (Å²) < 4.78 is 24.6. The van der Waals surface area contributed by atoms with Gasteiger partial charge < -0.3 is 4.90 Å². The van der Waals surface area contributed by atoms with Gasteiger partial charge in [-0.3, -0.25) is 14.2 Å². The lowest BCUT2D eigenvalue weighted by Crippen LogP contribution is -2.40. The minimum absolute atomic E-state index is 0.0790. The van der Waals surface area contributed by atoms with Crippen LogP contribution in [0.5, 0.6) is 0 Å². The zero-order valence-corrected chi connectivity index (χ0v) is 19.8. The van der Waals surface area contributed by atoms with Gasteiger partial charge in [0.2, 0.25) is 5.28 Å². The van der Waals surface area contributed by atoms with Crippen molar-refractivity contribution in [2.45, 2.75) is 17.9 Å². The van der Waals surface area contributed by atoms with Crippen molar-refractivity contribution in [1.29, 1.82) is 0 Å². The number of amides is 1. The number of fused-ring (bicyclic) bond motifs is 1. The first-order valence-corrected chi connectivity index (χ1v) is 12.4. The summed E-state index contributed by atoms with van der Waals surface area (Å²) in [6.45, 7) is 0.439. The first-order chi connectivity index (χ1) is 15.1. The number of carbonyl (C=O) groups excluding carboxylic acids is 1. The van der Waals surface area contributed by atoms with Crippen LogP contribution in [0.25, 0.3) is 5.69 Å². The molecule has 0 aliphatic carbocycles. The number of sulfone groups is 1. The number of halogens is 3. The SMILES string of the molecule is CS(=O)(=O)c1ccc(-n2c(Cl)nc3c(c2=O)CCN(C(=O)c2ccc(Cl)c(Cl)c2)C3)cc1. The van der Waals surface area contributed by atoms with E-state index in [0.717, 1.165) is 6.26 Å². The third-order valence-corrected chi connectivity index (χ3v) is 7.29. The van der Waals surface area contributed by atoms with E-state index >= 15 is 0 Å². The average Bonchev–Trinajstić information content (AvgIpc) is 2.74. The minimum atomic E-state index is -3.37. The molecule has 1 amide bonds. The Morgan fingerprint density at radius 2 is 1.72 bits per heavy atom. The second-order valence-electron chi connectivity index (χ2n) is 7.32. The standard InChI is InChI=1S/C21H16Cl3N3O4S/c1-32(30,31)14-5-3-13(4-6-14)27-20(29)15-8-9-26(11-18(15)25-21(27)24)19(28)12-2-7-16(22)17(23)10-12/h2-7,10H,8-9,11H2,1H3. The largest absolute Gasteiger partial charge is 0.332 e. The highest BCUT2D eigenvalue weighted by atomic mass is 35.5. The highest BCUT2D eigenvalue weighted by Crippen LogP contribution is 2.25. The van der Waals surface area contributed by atoms with Crippen molar-refractivity contribution in [1.82, 2.24) is 14.5 Å². The fourth-order valence-corrected chi connectivity index (χ4v) is 4.72. The Morgan fingerprint density at radius 1 is 1.03 bits per heavy atom. The second-order valence-corrected chi connectivity index (χ2v) is 10.5. The summed E-state index contributed by atoms with van der Waals surface area (Å²) in [5, 5.41) is 0.552. The molecule has 0 radical (unpaired) electrons. The molecule has 0 atom stereocenters. The van der Waals surface area contributed by atoms with Crippen LogP contribution < -0.4 is 5.56 Å². The van der Waals surface area contributed by atoms with E-state index in [9.17, 15) is 18.0 Å². The van der Waals surface area contributed by atoms with Gasteiger partial charge in [-0.15, -0.1) is 0 Å². The van der Waals surface area contributed by atoms with Crippen LogP contribution in [0.4, 0.5) is 0 Å². The Balaban J connectivity index is 1.66. The quantitative estimate of drug-likeness (QED) is 0.498. The molecule has 0 N–H and O–H groups in total. The van der Waals surface area contributed by atoms with Crippen LogP contribution in [0.1, 0.15) is 21.6 Å². The van der Waals surface area contributed by atoms with E-state index < -0.39 is 9.84 Å². The molecule has 0 saturated carbocycles. The maximum atomic E-state index is 13.1. The third kappa shape index (κ3) is 4.28. The van der Waals surface area contributed by atoms with Crippen LogP contribution in [0.15, 0.2) is 52.2 Å². The van der Waals surface area contributed by atoms with Crippen molar-refractivity contribution in [3.63, 3.8) is 0 Å². The average molecular weight is 513 g/mol. The van der Waals surface area contributed by atoms with Crippen molar-refractivity contribution in [2.75, 3.05) is 12.8 Å². The molecule has 4 rings (SSSR count). The van der Waals surface area contributed by atoms with Crippen molar-refractivity contribution in [3.8, 4) is 5.69 Å². The fraction of sp³-hybridized carbons (Fsp3) is 0.190. The van der Waals surface area contributed by atoms with E-state index in [-0.39, 0.29) is 33.2 Å². The van der Waals surface area contributed by atoms with Crippen molar-refractivity contribution < 1.29 is 13.2 Å². The lowest BCUT2D eigenvalue weighted by atomic mass is 10.0. The molecule has 3 aromatic rings. The molecule has 2 heterocycles. The van der Waals surface area contributed by atoms with Crippen molar-refractivity contribution in [2.24, 2.45) is 0 Å². The Morgan fingerprint density at radius 3 is 2.34 bits per heavy atom. The van der Waals surface area contributed by atoms with Gasteiger partial charge in [0.1, 0.15) is 0 Å². The molecule has 7 nitrogen and oxygen atoms in total. The monoisotopic (exact) mass is 511 g/mol. The van der Waals surface area contributed by atoms with E-state index in [0.29, 0.717) is 40.5 Å². The predicted octanol–water partition coefficient (Wildman–Crippen LogP) is 3.79. The van der Waals surface area contributed by atoms with E-state index in [1.807, 2.05) is 0 Å². The molecule has 0 bridgehead atoms. The molecule has 0 spiro atoms. The Labute approximate surface area is 199 Å². The first-order valence-electron chi connectivity index (χ1n) is 9.41. The summed E-state index contributed by atoms with van der Waals surface area (Å²) in [5.41, 5.74) is 1.31. The molecular formula is C21H16Cl3N3O4S. The number of hydrogen-bond acceptors (Lipinski definition) is 5. The van der Waals surface area contributed by atoms with Crippen LogP contribution >= 0.6 is 34.8 Å². The van der Waals surface area contributed by atoms with Gasteiger partial charge in [-0.1, -0.05) is 23.2 Å². The summed E-state index contributed by atoms with van der Waals surface area (Å²) >= 11 is 18.3. The van der Waals surface area contributed by atoms with Gasteiger partial charge >= 0.3 is 0 Å². The van der Waals surface area contributed by atoms with Crippen LogP contribution in [0.2, 0.25) is 15.3 Å². The highest BCUT2D eigenvalue weighted by Gasteiger charge is 2.27. The number of rotatable bonds is 3. The molecule has 166 valence electrons. The van der Waals surface area contributed by atoms with Crippen molar-refractivity contribution in [3.05, 3.63) is 85.0 Å². The fourth-order valence-electron chi connectivity index (χ4n) is 3.51. The van der Waals surface area contributed by atoms with E-state index in [2.05, 4.69) is 4.98 Å². The van der Waals surface area contributed by atoms with Crippen LogP contribution in [0, 0.1) is 0 Å². The van der Waals surface area contributed by atoms with Crippen LogP contribution in [-0.4, -0.2) is 41.6 Å². The number of nitrogens with zero attached hydrogens (tertiary/aromatic N) is 3. The van der Waals surface area contributed by atoms with Gasteiger partial charge in [-0.25, -0.2) is 13.4 Å². The highest BCUT2D eigenvalue weighted by molar-refractivity contribution is 7.90. The summed E-state index contributed by atoms with van der Waals surface area (Å²) in [7, 11) is -3.37. The molecule has 1 aliphatic rings. The maximum Gasteiger partial charge on any atom is 0.262 e. The molecule has 0 fully saturated rings. The second kappa shape index (κ2) is 8.51. The maximum absolute atomic E-state index is 13.1. The number of aromatic nitrogens is 2. The molecule has 2 aromatic carbocycles. The zero-order chi connectivity index (χ0) is 23.2. The Kier molecular flexibility index (Phi) is 6.06. The van der Waals surface area contributed by atoms with Gasteiger partial charge in [0.25, 0.3) is 11.5 Å². The molecule has 11 heteroatoms. The molecule has 0 unspecified atom stereocenters. The third-order valence-electron chi connectivity index (χ3n) is 5.17. The summed E-state index contributed by atoms with van der Waals surface area (Å²) in [5.74, 6) is -0.257. The van der Waals surface area contributed by atoms with Gasteiger partial charge in [-0.2, -0.15) is 0 Å². The lowest BCUT2D eigenvalue weighted by Gasteiger charge is -2.28. The first kappa shape index (κ1) is 22.8. The minimum Gasteiger partial charge on any atom is -0.332 e. The molecule has 0 saturated heterocycles. The lowest BCUT2D eigenvalue weighted by molar-refractivity contribution is 0.0731. The topological polar surface area (TPSA) is 89.3 Å². The zero-order valence-electron chi connectivity index (χ0n) is 16.7. The Bertz CT molecular complexity index is 1400. The number of benzene rings is 2. The van der Waals surface area contributed by atoms with Gasteiger partial charge in [0.05, 0.1) is 32.9 Å². The molecule has 32 heavy (non-hydrogen) atoms. The van der Waals surface area contributed by atoms with Crippen molar-refractivity contribution >= 4 is 50.5 Å². The molecule has 1 aliphatic heterocycles. The van der Waals surface area contributed by atoms with Crippen LogP contribution in [0.3, 0.4) is 0 Å². The molecule has 1 aromatic heterocycles. The number of carbonyl (C=O) groups is 1. The smallest absolute Gasteiger partial charge is 0.262 e. The van der Waals surface area contributed by atoms with Gasteiger partial charge in [0, 0.05) is 23.9 Å². The molecular weight excluding hydrogens is 497 g/mol. The van der Waals surface area contributed by atoms with Gasteiger partial charge in [-0.05, 0) is 60.5 Å². The summed E-state index contributed by atoms with van der Waals surface area (Å²) in [6.07, 6.45) is 1.40. The van der Waals surface area contributed by atoms with Gasteiger partial charge in [0.15, 0.2) is 9.84 Å². The van der Waals surface area contributed by atoms with E-state index in [1.54, 1.807) is 17.0 Å². The summed E-state index contributed by atoms with van der Waals surface area (Å²) in [6, 6.07) is 10.5. The van der Waals surface area contributed by atoms with E-state index in [4.69, 9.17) is 34.8 Å². The summed E-state index contributed by atoms with van der Waals surface area (Å²) in [4.78, 5) is 32.1.